The molecule has 0 atom stereocenters. The smallest absolute Gasteiger partial charge is 0.341 e. The zero-order valence-electron chi connectivity index (χ0n) is 14.8. The van der Waals surface area contributed by atoms with E-state index in [1.54, 1.807) is 24.4 Å². The van der Waals surface area contributed by atoms with E-state index in [2.05, 4.69) is 4.98 Å². The van der Waals surface area contributed by atoms with Crippen LogP contribution in [-0.4, -0.2) is 27.0 Å². The van der Waals surface area contributed by atoms with Crippen LogP contribution in [0.5, 0.6) is 0 Å². The first-order valence-electron chi connectivity index (χ1n) is 8.28. The van der Waals surface area contributed by atoms with Gasteiger partial charge >= 0.3 is 5.97 Å². The van der Waals surface area contributed by atoms with Gasteiger partial charge in [0.2, 0.25) is 0 Å². The quantitative estimate of drug-likeness (QED) is 0.438. The summed E-state index contributed by atoms with van der Waals surface area (Å²) in [6.45, 7) is 1.96. The van der Waals surface area contributed by atoms with Crippen LogP contribution in [-0.2, 0) is 4.74 Å². The SMILES string of the molecule is COC(=O)c1cc2c(=O)n3ccccc3nc2n(-c2ccc(C)cc2)c1=N. The maximum absolute atomic E-state index is 13.0. The van der Waals surface area contributed by atoms with E-state index in [0.717, 1.165) is 5.56 Å². The Hall–Kier alpha value is -3.74. The Bertz CT molecular complexity index is 1320. The van der Waals surface area contributed by atoms with Gasteiger partial charge in [-0.15, -0.1) is 0 Å². The monoisotopic (exact) mass is 360 g/mol. The number of aryl methyl sites for hydroxylation is 1. The minimum atomic E-state index is -0.680. The first-order chi connectivity index (χ1) is 13.0. The Balaban J connectivity index is 2.23. The van der Waals surface area contributed by atoms with E-state index in [1.165, 1.54) is 22.1 Å². The van der Waals surface area contributed by atoms with Gasteiger partial charge in [-0.25, -0.2) is 9.78 Å². The van der Waals surface area contributed by atoms with Crippen molar-refractivity contribution in [2.24, 2.45) is 0 Å². The van der Waals surface area contributed by atoms with Crippen LogP contribution in [0.15, 0.2) is 59.5 Å². The normalized spacial score (nSPS) is 11.0. The van der Waals surface area contributed by atoms with E-state index >= 15 is 0 Å². The van der Waals surface area contributed by atoms with Gasteiger partial charge in [-0.1, -0.05) is 23.8 Å². The lowest BCUT2D eigenvalue weighted by atomic mass is 10.1. The van der Waals surface area contributed by atoms with Crippen molar-refractivity contribution in [1.29, 1.82) is 5.41 Å². The second kappa shape index (κ2) is 6.21. The molecular formula is C20H16N4O3. The standard InChI is InChI=1S/C20H16N4O3/c1-12-6-8-13(9-7-12)24-17(21)14(20(26)27-2)11-15-18(24)22-16-5-3-4-10-23(16)19(15)25/h3-11,21H,1-2H3. The van der Waals surface area contributed by atoms with Crippen LogP contribution in [0.25, 0.3) is 22.4 Å². The second-order valence-electron chi connectivity index (χ2n) is 6.15. The molecule has 0 aliphatic rings. The largest absolute Gasteiger partial charge is 0.465 e. The summed E-state index contributed by atoms with van der Waals surface area (Å²) in [5.41, 5.74) is 2.05. The molecule has 0 bridgehead atoms. The number of pyridine rings is 2. The average molecular weight is 360 g/mol. The Morgan fingerprint density at radius 2 is 1.89 bits per heavy atom. The summed E-state index contributed by atoms with van der Waals surface area (Å²) in [5, 5.41) is 8.78. The highest BCUT2D eigenvalue weighted by Crippen LogP contribution is 2.16. The average Bonchev–Trinajstić information content (AvgIpc) is 2.68. The fourth-order valence-electron chi connectivity index (χ4n) is 3.04. The fourth-order valence-corrected chi connectivity index (χ4v) is 3.04. The Morgan fingerprint density at radius 3 is 2.59 bits per heavy atom. The minimum absolute atomic E-state index is 0.000330. The third-order valence-electron chi connectivity index (χ3n) is 4.43. The molecule has 7 nitrogen and oxygen atoms in total. The van der Waals surface area contributed by atoms with Crippen molar-refractivity contribution >= 4 is 22.6 Å². The molecule has 4 aromatic rings. The maximum Gasteiger partial charge on any atom is 0.341 e. The first-order valence-corrected chi connectivity index (χ1v) is 8.28. The molecule has 0 unspecified atom stereocenters. The molecule has 1 aromatic carbocycles. The summed E-state index contributed by atoms with van der Waals surface area (Å²) in [7, 11) is 1.24. The number of esters is 1. The number of carbonyl (C=O) groups is 1. The lowest BCUT2D eigenvalue weighted by Crippen LogP contribution is -2.29. The summed E-state index contributed by atoms with van der Waals surface area (Å²) in [5.74, 6) is -0.680. The zero-order valence-corrected chi connectivity index (χ0v) is 14.8. The summed E-state index contributed by atoms with van der Waals surface area (Å²) in [4.78, 5) is 29.8. The van der Waals surface area contributed by atoms with Crippen LogP contribution in [0.1, 0.15) is 15.9 Å². The summed E-state index contributed by atoms with van der Waals surface area (Å²) in [6.07, 6.45) is 1.62. The number of hydrogen-bond acceptors (Lipinski definition) is 5. The van der Waals surface area contributed by atoms with Gasteiger partial charge in [-0.3, -0.25) is 19.2 Å². The number of hydrogen-bond donors (Lipinski definition) is 1. The fraction of sp³-hybridized carbons (Fsp3) is 0.100. The molecule has 0 amide bonds. The van der Waals surface area contributed by atoms with Crippen molar-refractivity contribution in [1.82, 2.24) is 14.0 Å². The molecule has 134 valence electrons. The molecule has 1 N–H and O–H groups in total. The van der Waals surface area contributed by atoms with Crippen LogP contribution in [0.2, 0.25) is 0 Å². The van der Waals surface area contributed by atoms with E-state index < -0.39 is 5.97 Å². The predicted octanol–water partition coefficient (Wildman–Crippen LogP) is 2.21. The van der Waals surface area contributed by atoms with E-state index in [-0.39, 0.29) is 22.0 Å². The van der Waals surface area contributed by atoms with Gasteiger partial charge in [0.25, 0.3) is 5.56 Å². The van der Waals surface area contributed by atoms with Crippen LogP contribution >= 0.6 is 0 Å². The van der Waals surface area contributed by atoms with Crippen molar-refractivity contribution in [2.45, 2.75) is 6.92 Å². The lowest BCUT2D eigenvalue weighted by Gasteiger charge is -2.14. The Kier molecular flexibility index (Phi) is 3.84. The molecule has 0 aliphatic heterocycles. The third kappa shape index (κ3) is 2.60. The van der Waals surface area contributed by atoms with Gasteiger partial charge in [0.05, 0.1) is 12.5 Å². The number of fused-ring (bicyclic) bond motifs is 2. The van der Waals surface area contributed by atoms with Gasteiger partial charge < -0.3 is 4.74 Å². The molecular weight excluding hydrogens is 344 g/mol. The van der Waals surface area contributed by atoms with Crippen molar-refractivity contribution in [3.8, 4) is 5.69 Å². The van der Waals surface area contributed by atoms with Crippen molar-refractivity contribution in [2.75, 3.05) is 7.11 Å². The number of aromatic nitrogens is 3. The van der Waals surface area contributed by atoms with Crippen LogP contribution < -0.4 is 11.0 Å². The van der Waals surface area contributed by atoms with E-state index in [9.17, 15) is 9.59 Å². The predicted molar refractivity (Wildman–Crippen MR) is 100 cm³/mol. The van der Waals surface area contributed by atoms with Gasteiger partial charge in [0.1, 0.15) is 16.7 Å². The highest BCUT2D eigenvalue weighted by Gasteiger charge is 2.18. The minimum Gasteiger partial charge on any atom is -0.465 e. The first kappa shape index (κ1) is 16.7. The molecule has 27 heavy (non-hydrogen) atoms. The van der Waals surface area contributed by atoms with Gasteiger partial charge in [0, 0.05) is 11.9 Å². The van der Waals surface area contributed by atoms with Gasteiger partial charge in [0.15, 0.2) is 5.65 Å². The number of methoxy groups -OCH3 is 1. The molecule has 3 heterocycles. The van der Waals surface area contributed by atoms with Crippen molar-refractivity contribution < 1.29 is 9.53 Å². The topological polar surface area (TPSA) is 89.4 Å². The highest BCUT2D eigenvalue weighted by molar-refractivity contribution is 5.93. The van der Waals surface area contributed by atoms with Gasteiger partial charge in [-0.05, 0) is 37.3 Å². The molecule has 0 aliphatic carbocycles. The van der Waals surface area contributed by atoms with Crippen LogP contribution in [0, 0.1) is 12.3 Å². The van der Waals surface area contributed by atoms with E-state index in [1.807, 2.05) is 31.2 Å². The molecule has 0 saturated carbocycles. The molecule has 0 radical (unpaired) electrons. The number of nitrogens with one attached hydrogen (secondary N) is 1. The molecule has 0 saturated heterocycles. The molecule has 7 heteroatoms. The number of rotatable bonds is 2. The van der Waals surface area contributed by atoms with Gasteiger partial charge in [-0.2, -0.15) is 0 Å². The van der Waals surface area contributed by atoms with E-state index in [0.29, 0.717) is 17.0 Å². The zero-order chi connectivity index (χ0) is 19.1. The van der Waals surface area contributed by atoms with Crippen molar-refractivity contribution in [3.63, 3.8) is 0 Å². The molecule has 4 rings (SSSR count). The molecule has 3 aromatic heterocycles. The second-order valence-corrected chi connectivity index (χ2v) is 6.15. The van der Waals surface area contributed by atoms with Crippen molar-refractivity contribution in [3.05, 3.63) is 81.7 Å². The highest BCUT2D eigenvalue weighted by atomic mass is 16.5. The van der Waals surface area contributed by atoms with Crippen LogP contribution in [0.4, 0.5) is 0 Å². The molecule has 0 fully saturated rings. The number of ether oxygens (including phenoxy) is 1. The third-order valence-corrected chi connectivity index (χ3v) is 4.43. The molecule has 0 spiro atoms. The number of carbonyl (C=O) groups excluding carboxylic acids is 1. The van der Waals surface area contributed by atoms with Crippen LogP contribution in [0.3, 0.4) is 0 Å². The summed E-state index contributed by atoms with van der Waals surface area (Å²) < 4.78 is 7.71. The Morgan fingerprint density at radius 1 is 1.15 bits per heavy atom. The Labute approximate surface area is 153 Å². The number of nitrogens with zero attached hydrogens (tertiary/aromatic N) is 3. The summed E-state index contributed by atoms with van der Waals surface area (Å²) >= 11 is 0. The number of benzene rings is 1. The summed E-state index contributed by atoms with van der Waals surface area (Å²) in [6, 6.07) is 14.1. The van der Waals surface area contributed by atoms with E-state index in [4.69, 9.17) is 10.1 Å². The maximum atomic E-state index is 13.0. The lowest BCUT2D eigenvalue weighted by molar-refractivity contribution is 0.0598.